The maximum atomic E-state index is 15.0. The number of aromatic amines is 1. The van der Waals surface area contributed by atoms with Crippen LogP contribution in [0.2, 0.25) is 5.02 Å². The molecule has 2 atom stereocenters. The number of fused-ring (bicyclic) bond motifs is 1. The van der Waals surface area contributed by atoms with E-state index in [2.05, 4.69) is 10.2 Å². The van der Waals surface area contributed by atoms with Gasteiger partial charge in [-0.05, 0) is 48.7 Å². The molecule has 0 saturated carbocycles. The quantitative estimate of drug-likeness (QED) is 0.609. The zero-order chi connectivity index (χ0) is 23.2. The summed E-state index contributed by atoms with van der Waals surface area (Å²) in [6.07, 6.45) is 0. The van der Waals surface area contributed by atoms with Gasteiger partial charge in [-0.25, -0.2) is 22.7 Å². The first-order valence-corrected chi connectivity index (χ1v) is 11.7. The SMILES string of the molecule is Cc1ccc(F)c([C@@H](C)[C@@H](c2n[nH]c(=O)o2)N2CCOc3cc(Cl)ccc3S2(=O)=O)c1C. The van der Waals surface area contributed by atoms with Crippen molar-refractivity contribution in [3.63, 3.8) is 0 Å². The first kappa shape index (κ1) is 22.5. The lowest BCUT2D eigenvalue weighted by molar-refractivity contribution is 0.209. The second-order valence-corrected chi connectivity index (χ2v) is 9.94. The van der Waals surface area contributed by atoms with Gasteiger partial charge in [0.15, 0.2) is 0 Å². The van der Waals surface area contributed by atoms with Gasteiger partial charge in [0.25, 0.3) is 0 Å². The first-order valence-electron chi connectivity index (χ1n) is 9.86. The zero-order valence-corrected chi connectivity index (χ0v) is 19.1. The van der Waals surface area contributed by atoms with Crippen molar-refractivity contribution in [1.29, 1.82) is 0 Å². The fraction of sp³-hybridized carbons (Fsp3) is 0.333. The normalized spacial score (nSPS) is 17.8. The Kier molecular flexibility index (Phi) is 5.87. The molecule has 2 aromatic carbocycles. The topological polar surface area (TPSA) is 106 Å². The molecule has 0 saturated heterocycles. The molecule has 0 unspecified atom stereocenters. The van der Waals surface area contributed by atoms with Crippen LogP contribution in [0.25, 0.3) is 0 Å². The van der Waals surface area contributed by atoms with Gasteiger partial charge in [0, 0.05) is 23.6 Å². The fourth-order valence-electron chi connectivity index (χ4n) is 4.06. The summed E-state index contributed by atoms with van der Waals surface area (Å²) in [5.41, 5.74) is 1.84. The average Bonchev–Trinajstić information content (AvgIpc) is 3.10. The van der Waals surface area contributed by atoms with Crippen molar-refractivity contribution >= 4 is 21.6 Å². The van der Waals surface area contributed by atoms with E-state index in [4.69, 9.17) is 20.8 Å². The molecule has 0 bridgehead atoms. The van der Waals surface area contributed by atoms with Crippen molar-refractivity contribution in [3.05, 3.63) is 74.3 Å². The molecule has 1 aliphatic rings. The molecule has 1 aliphatic heterocycles. The Morgan fingerprint density at radius 3 is 2.69 bits per heavy atom. The highest BCUT2D eigenvalue weighted by Gasteiger charge is 2.43. The lowest BCUT2D eigenvalue weighted by atomic mass is 9.87. The summed E-state index contributed by atoms with van der Waals surface area (Å²) in [4.78, 5) is 11.6. The Balaban J connectivity index is 1.91. The summed E-state index contributed by atoms with van der Waals surface area (Å²) in [6.45, 7) is 5.21. The Labute approximate surface area is 189 Å². The van der Waals surface area contributed by atoms with Crippen LogP contribution in [0.3, 0.4) is 0 Å². The highest BCUT2D eigenvalue weighted by molar-refractivity contribution is 7.89. The number of ether oxygens (including phenoxy) is 1. The van der Waals surface area contributed by atoms with E-state index >= 15 is 0 Å². The first-order chi connectivity index (χ1) is 15.1. The molecule has 0 aliphatic carbocycles. The van der Waals surface area contributed by atoms with Crippen molar-refractivity contribution in [2.24, 2.45) is 0 Å². The van der Waals surface area contributed by atoms with Crippen LogP contribution >= 0.6 is 11.6 Å². The van der Waals surface area contributed by atoms with E-state index in [1.807, 2.05) is 6.92 Å². The third kappa shape index (κ3) is 3.82. The summed E-state index contributed by atoms with van der Waals surface area (Å²) in [6, 6.07) is 6.10. The number of sulfonamides is 1. The second kappa shape index (κ2) is 8.34. The van der Waals surface area contributed by atoms with Crippen LogP contribution in [0.5, 0.6) is 5.75 Å². The van der Waals surface area contributed by atoms with Gasteiger partial charge in [0.05, 0.1) is 0 Å². The number of hydrogen-bond acceptors (Lipinski definition) is 6. The Hall–Kier alpha value is -2.69. The van der Waals surface area contributed by atoms with Crippen LogP contribution in [-0.4, -0.2) is 36.1 Å². The van der Waals surface area contributed by atoms with E-state index in [1.165, 1.54) is 24.3 Å². The molecule has 0 radical (unpaired) electrons. The number of rotatable bonds is 4. The van der Waals surface area contributed by atoms with E-state index in [0.717, 1.165) is 9.87 Å². The Morgan fingerprint density at radius 1 is 1.25 bits per heavy atom. The monoisotopic (exact) mass is 481 g/mol. The van der Waals surface area contributed by atoms with Crippen LogP contribution < -0.4 is 10.5 Å². The minimum absolute atomic E-state index is 0.0136. The number of halogens is 2. The van der Waals surface area contributed by atoms with Gasteiger partial charge in [-0.2, -0.15) is 4.31 Å². The minimum atomic E-state index is -4.15. The molecule has 170 valence electrons. The van der Waals surface area contributed by atoms with Crippen molar-refractivity contribution in [3.8, 4) is 5.75 Å². The lowest BCUT2D eigenvalue weighted by Gasteiger charge is -2.32. The van der Waals surface area contributed by atoms with E-state index in [0.29, 0.717) is 16.1 Å². The van der Waals surface area contributed by atoms with Gasteiger partial charge in [-0.15, -0.1) is 5.10 Å². The molecule has 8 nitrogen and oxygen atoms in total. The largest absolute Gasteiger partial charge is 0.491 e. The van der Waals surface area contributed by atoms with Crippen molar-refractivity contribution in [2.75, 3.05) is 13.2 Å². The van der Waals surface area contributed by atoms with Crippen LogP contribution in [0.4, 0.5) is 4.39 Å². The highest BCUT2D eigenvalue weighted by atomic mass is 35.5. The average molecular weight is 482 g/mol. The van der Waals surface area contributed by atoms with Crippen LogP contribution in [0.1, 0.15) is 41.5 Å². The van der Waals surface area contributed by atoms with E-state index in [1.54, 1.807) is 19.9 Å². The van der Waals surface area contributed by atoms with Gasteiger partial charge in [0.1, 0.15) is 29.1 Å². The third-order valence-corrected chi connectivity index (χ3v) is 7.90. The van der Waals surface area contributed by atoms with Crippen molar-refractivity contribution in [2.45, 2.75) is 37.6 Å². The molecule has 1 aromatic heterocycles. The maximum Gasteiger partial charge on any atom is 0.434 e. The smallest absolute Gasteiger partial charge is 0.434 e. The number of aromatic nitrogens is 2. The van der Waals surface area contributed by atoms with Crippen LogP contribution in [-0.2, 0) is 10.0 Å². The second-order valence-electron chi connectivity index (χ2n) is 7.64. The molecule has 1 N–H and O–H groups in total. The van der Waals surface area contributed by atoms with Gasteiger partial charge in [0.2, 0.25) is 15.9 Å². The predicted octanol–water partition coefficient (Wildman–Crippen LogP) is 3.70. The van der Waals surface area contributed by atoms with Crippen LogP contribution in [0.15, 0.2) is 44.4 Å². The van der Waals surface area contributed by atoms with E-state index < -0.39 is 33.6 Å². The molecule has 0 spiro atoms. The predicted molar refractivity (Wildman–Crippen MR) is 115 cm³/mol. The number of benzene rings is 2. The van der Waals surface area contributed by atoms with Gasteiger partial charge in [-0.3, -0.25) is 0 Å². The molecule has 32 heavy (non-hydrogen) atoms. The maximum absolute atomic E-state index is 15.0. The summed E-state index contributed by atoms with van der Waals surface area (Å²) >= 11 is 6.01. The highest BCUT2D eigenvalue weighted by Crippen LogP contribution is 2.42. The number of aryl methyl sites for hydroxylation is 1. The van der Waals surface area contributed by atoms with Crippen molar-refractivity contribution < 1.29 is 22.0 Å². The summed E-state index contributed by atoms with van der Waals surface area (Å²) in [7, 11) is -4.15. The van der Waals surface area contributed by atoms with E-state index in [9.17, 15) is 17.6 Å². The standard InChI is InChI=1S/C21H21ClFN3O5S/c1-11-4-6-15(23)18(12(11)2)13(3)19(20-24-25-21(27)31-20)26-8-9-30-16-10-14(22)5-7-17(16)32(26,28)29/h4-7,10,13,19H,8-9H2,1-3H3,(H,25,27)/t13-,19+/m1/s1. The van der Waals surface area contributed by atoms with Crippen LogP contribution in [0, 0.1) is 19.7 Å². The zero-order valence-electron chi connectivity index (χ0n) is 17.6. The summed E-state index contributed by atoms with van der Waals surface area (Å²) in [5.74, 6) is -2.12. The molecule has 3 aromatic rings. The Bertz CT molecular complexity index is 1340. The molecular weight excluding hydrogens is 461 g/mol. The molecular formula is C21H21ClFN3O5S. The number of hydrogen-bond donors (Lipinski definition) is 1. The minimum Gasteiger partial charge on any atom is -0.491 e. The molecule has 4 rings (SSSR count). The summed E-state index contributed by atoms with van der Waals surface area (Å²) < 4.78 is 54.3. The van der Waals surface area contributed by atoms with Gasteiger partial charge in [-0.1, -0.05) is 24.6 Å². The van der Waals surface area contributed by atoms with Crippen molar-refractivity contribution in [1.82, 2.24) is 14.5 Å². The lowest BCUT2D eigenvalue weighted by Crippen LogP contribution is -2.39. The number of nitrogens with one attached hydrogen (secondary N) is 1. The fourth-order valence-corrected chi connectivity index (χ4v) is 5.98. The van der Waals surface area contributed by atoms with Gasteiger partial charge < -0.3 is 9.15 Å². The molecule has 11 heteroatoms. The number of nitrogens with zero attached hydrogens (tertiary/aromatic N) is 2. The van der Waals surface area contributed by atoms with E-state index in [-0.39, 0.29) is 29.7 Å². The molecule has 2 heterocycles. The van der Waals surface area contributed by atoms with Gasteiger partial charge >= 0.3 is 5.76 Å². The molecule has 0 amide bonds. The Morgan fingerprint density at radius 2 is 2.00 bits per heavy atom. The summed E-state index contributed by atoms with van der Waals surface area (Å²) in [5, 5.41) is 6.39. The number of H-pyrrole nitrogens is 1. The third-order valence-electron chi connectivity index (χ3n) is 5.74. The molecule has 0 fully saturated rings.